The van der Waals surface area contributed by atoms with Crippen molar-refractivity contribution < 1.29 is 22.6 Å². The second kappa shape index (κ2) is 5.73. The number of methoxy groups -OCH3 is 2. The Morgan fingerprint density at radius 1 is 0.957 bits per heavy atom. The summed E-state index contributed by atoms with van der Waals surface area (Å²) in [5.74, 6) is 0.835. The summed E-state index contributed by atoms with van der Waals surface area (Å²) in [4.78, 5) is 4.18. The number of fused-ring (bicyclic) bond motifs is 1. The first-order chi connectivity index (χ1) is 10.9. The molecule has 0 atom stereocenters. The smallest absolute Gasteiger partial charge is 0.418 e. The first kappa shape index (κ1) is 15.6. The van der Waals surface area contributed by atoms with E-state index in [1.165, 1.54) is 18.4 Å². The molecule has 0 spiro atoms. The van der Waals surface area contributed by atoms with Gasteiger partial charge in [0.25, 0.3) is 0 Å². The van der Waals surface area contributed by atoms with Crippen LogP contribution < -0.4 is 9.47 Å². The van der Waals surface area contributed by atoms with Gasteiger partial charge in [-0.05, 0) is 36.4 Å². The van der Waals surface area contributed by atoms with E-state index < -0.39 is 11.7 Å². The van der Waals surface area contributed by atoms with Gasteiger partial charge in [0.05, 0.1) is 30.0 Å². The minimum atomic E-state index is -4.49. The van der Waals surface area contributed by atoms with Gasteiger partial charge in [-0.15, -0.1) is 11.3 Å². The van der Waals surface area contributed by atoms with E-state index in [1.54, 1.807) is 37.4 Å². The van der Waals surface area contributed by atoms with Crippen LogP contribution in [0.2, 0.25) is 0 Å². The molecule has 120 valence electrons. The Balaban J connectivity index is 2.17. The Morgan fingerprint density at radius 3 is 2.17 bits per heavy atom. The molecule has 1 heterocycles. The highest BCUT2D eigenvalue weighted by atomic mass is 32.1. The maximum absolute atomic E-state index is 13.2. The molecule has 0 unspecified atom stereocenters. The van der Waals surface area contributed by atoms with Gasteiger partial charge in [0.1, 0.15) is 16.5 Å². The van der Waals surface area contributed by atoms with Crippen molar-refractivity contribution in [2.24, 2.45) is 0 Å². The van der Waals surface area contributed by atoms with Crippen LogP contribution in [0.4, 0.5) is 13.2 Å². The van der Waals surface area contributed by atoms with Crippen LogP contribution in [-0.2, 0) is 6.18 Å². The fourth-order valence-corrected chi connectivity index (χ4v) is 3.22. The zero-order valence-corrected chi connectivity index (χ0v) is 13.1. The predicted octanol–water partition coefficient (Wildman–Crippen LogP) is 5.00. The van der Waals surface area contributed by atoms with Gasteiger partial charge in [-0.3, -0.25) is 0 Å². The highest BCUT2D eigenvalue weighted by molar-refractivity contribution is 7.21. The van der Waals surface area contributed by atoms with Gasteiger partial charge in [-0.25, -0.2) is 4.98 Å². The molecule has 23 heavy (non-hydrogen) atoms. The molecular formula is C16H12F3NO2S. The summed E-state index contributed by atoms with van der Waals surface area (Å²) >= 11 is 1.19. The molecular weight excluding hydrogens is 327 g/mol. The average molecular weight is 339 g/mol. The quantitative estimate of drug-likeness (QED) is 0.673. The minimum absolute atomic E-state index is 0.0610. The van der Waals surface area contributed by atoms with E-state index in [-0.39, 0.29) is 11.3 Å². The number of halogens is 3. The molecule has 7 heteroatoms. The summed E-state index contributed by atoms with van der Waals surface area (Å²) in [6.45, 7) is 0. The lowest BCUT2D eigenvalue weighted by atomic mass is 10.1. The SMILES string of the molecule is COc1ccc(-c2nc3c(C(F)(F)F)cc(OC)cc3s2)cc1. The van der Waals surface area contributed by atoms with Gasteiger partial charge < -0.3 is 9.47 Å². The first-order valence-electron chi connectivity index (χ1n) is 6.62. The molecule has 0 aliphatic heterocycles. The highest BCUT2D eigenvalue weighted by Crippen LogP contribution is 2.41. The number of hydrogen-bond acceptors (Lipinski definition) is 4. The molecule has 0 aliphatic carbocycles. The van der Waals surface area contributed by atoms with Crippen LogP contribution >= 0.6 is 11.3 Å². The molecule has 0 amide bonds. The standard InChI is InChI=1S/C16H12F3NO2S/c1-21-10-5-3-9(4-6-10)15-20-14-12(16(17,18)19)7-11(22-2)8-13(14)23-15/h3-8H,1-2H3. The average Bonchev–Trinajstić information content (AvgIpc) is 2.96. The van der Waals surface area contributed by atoms with Crippen LogP contribution in [0.5, 0.6) is 11.5 Å². The van der Waals surface area contributed by atoms with Crippen LogP contribution in [-0.4, -0.2) is 19.2 Å². The molecule has 0 aliphatic rings. The van der Waals surface area contributed by atoms with Gasteiger partial charge in [-0.2, -0.15) is 13.2 Å². The Morgan fingerprint density at radius 2 is 1.61 bits per heavy atom. The molecule has 0 fully saturated rings. The fraction of sp³-hybridized carbons (Fsp3) is 0.188. The van der Waals surface area contributed by atoms with Crippen LogP contribution in [0.15, 0.2) is 36.4 Å². The summed E-state index contributed by atoms with van der Waals surface area (Å²) in [5.41, 5.74) is -0.115. The molecule has 0 saturated carbocycles. The maximum Gasteiger partial charge on any atom is 0.418 e. The van der Waals surface area contributed by atoms with Crippen LogP contribution in [0, 0.1) is 0 Å². The number of ether oxygens (including phenoxy) is 2. The molecule has 0 radical (unpaired) electrons. The summed E-state index contributed by atoms with van der Waals surface area (Å²) < 4.78 is 50.2. The Labute approximate surface area is 134 Å². The second-order valence-corrected chi connectivity index (χ2v) is 5.80. The van der Waals surface area contributed by atoms with E-state index in [4.69, 9.17) is 9.47 Å². The summed E-state index contributed by atoms with van der Waals surface area (Å²) in [7, 11) is 2.89. The first-order valence-corrected chi connectivity index (χ1v) is 7.44. The summed E-state index contributed by atoms with van der Waals surface area (Å²) in [6, 6.07) is 9.55. The maximum atomic E-state index is 13.2. The van der Waals surface area contributed by atoms with E-state index in [0.29, 0.717) is 15.5 Å². The molecule has 3 rings (SSSR count). The minimum Gasteiger partial charge on any atom is -0.497 e. The molecule has 0 saturated heterocycles. The Bertz CT molecular complexity index is 841. The van der Waals surface area contributed by atoms with Gasteiger partial charge in [0, 0.05) is 5.56 Å². The molecule has 0 bridgehead atoms. The van der Waals surface area contributed by atoms with Crippen molar-refractivity contribution in [2.75, 3.05) is 14.2 Å². The number of rotatable bonds is 3. The van der Waals surface area contributed by atoms with E-state index in [9.17, 15) is 13.2 Å². The molecule has 2 aromatic carbocycles. The van der Waals surface area contributed by atoms with Crippen LogP contribution in [0.25, 0.3) is 20.8 Å². The fourth-order valence-electron chi connectivity index (χ4n) is 2.20. The molecule has 3 aromatic rings. The van der Waals surface area contributed by atoms with Crippen molar-refractivity contribution in [3.8, 4) is 22.1 Å². The lowest BCUT2D eigenvalue weighted by Crippen LogP contribution is -2.06. The monoisotopic (exact) mass is 339 g/mol. The van der Waals surface area contributed by atoms with E-state index in [0.717, 1.165) is 11.6 Å². The number of thiazole rings is 1. The third kappa shape index (κ3) is 2.96. The number of aromatic nitrogens is 1. The largest absolute Gasteiger partial charge is 0.497 e. The highest BCUT2D eigenvalue weighted by Gasteiger charge is 2.34. The van der Waals surface area contributed by atoms with Crippen molar-refractivity contribution in [3.05, 3.63) is 42.0 Å². The Hall–Kier alpha value is -2.28. The third-order valence-corrected chi connectivity index (χ3v) is 4.40. The predicted molar refractivity (Wildman–Crippen MR) is 83.2 cm³/mol. The molecule has 1 aromatic heterocycles. The van der Waals surface area contributed by atoms with Crippen LogP contribution in [0.1, 0.15) is 5.56 Å². The van der Waals surface area contributed by atoms with Crippen molar-refractivity contribution >= 4 is 21.6 Å². The third-order valence-electron chi connectivity index (χ3n) is 3.35. The van der Waals surface area contributed by atoms with Crippen LogP contribution in [0.3, 0.4) is 0 Å². The molecule has 0 N–H and O–H groups in total. The summed E-state index contributed by atoms with van der Waals surface area (Å²) in [5, 5.41) is 0.515. The molecule has 3 nitrogen and oxygen atoms in total. The lowest BCUT2D eigenvalue weighted by molar-refractivity contribution is -0.136. The number of hydrogen-bond donors (Lipinski definition) is 0. The van der Waals surface area contributed by atoms with Crippen molar-refractivity contribution in [1.82, 2.24) is 4.98 Å². The zero-order valence-electron chi connectivity index (χ0n) is 12.3. The number of benzene rings is 2. The van der Waals surface area contributed by atoms with Crippen molar-refractivity contribution in [1.29, 1.82) is 0 Å². The Kier molecular flexibility index (Phi) is 3.89. The van der Waals surface area contributed by atoms with Gasteiger partial charge >= 0.3 is 6.18 Å². The van der Waals surface area contributed by atoms with E-state index >= 15 is 0 Å². The second-order valence-electron chi connectivity index (χ2n) is 4.77. The van der Waals surface area contributed by atoms with Crippen molar-refractivity contribution in [2.45, 2.75) is 6.18 Å². The zero-order chi connectivity index (χ0) is 16.6. The van der Waals surface area contributed by atoms with E-state index in [2.05, 4.69) is 4.98 Å². The van der Waals surface area contributed by atoms with Gasteiger partial charge in [-0.1, -0.05) is 0 Å². The summed E-state index contributed by atoms with van der Waals surface area (Å²) in [6.07, 6.45) is -4.49. The lowest BCUT2D eigenvalue weighted by Gasteiger charge is -2.09. The topological polar surface area (TPSA) is 31.4 Å². The van der Waals surface area contributed by atoms with Gasteiger partial charge in [0.15, 0.2) is 0 Å². The number of alkyl halides is 3. The van der Waals surface area contributed by atoms with E-state index in [1.807, 2.05) is 0 Å². The van der Waals surface area contributed by atoms with Crippen molar-refractivity contribution in [3.63, 3.8) is 0 Å². The number of nitrogens with zero attached hydrogens (tertiary/aromatic N) is 1. The van der Waals surface area contributed by atoms with Gasteiger partial charge in [0.2, 0.25) is 0 Å². The normalized spacial score (nSPS) is 11.7.